The van der Waals surface area contributed by atoms with Gasteiger partial charge < -0.3 is 28.7 Å². The van der Waals surface area contributed by atoms with Crippen LogP contribution in [0.1, 0.15) is 101 Å². The maximum atomic E-state index is 14.1. The summed E-state index contributed by atoms with van der Waals surface area (Å²) in [5.41, 5.74) is -4.38. The highest BCUT2D eigenvalue weighted by Crippen LogP contribution is 2.38. The summed E-state index contributed by atoms with van der Waals surface area (Å²) < 4.78 is 71.7. The first-order valence-corrected chi connectivity index (χ1v) is 15.5. The molecule has 9 nitrogen and oxygen atoms in total. The van der Waals surface area contributed by atoms with Crippen molar-refractivity contribution in [1.82, 2.24) is 5.32 Å². The average molecular weight is 659 g/mol. The van der Waals surface area contributed by atoms with Crippen molar-refractivity contribution >= 4 is 42.8 Å². The van der Waals surface area contributed by atoms with Gasteiger partial charge in [-0.15, -0.1) is 0 Å². The molecule has 0 aromatic heterocycles. The second kappa shape index (κ2) is 12.7. The van der Waals surface area contributed by atoms with Crippen LogP contribution < -0.4 is 16.2 Å². The van der Waals surface area contributed by atoms with E-state index in [1.54, 1.807) is 27.7 Å². The minimum absolute atomic E-state index is 0.0156. The predicted octanol–water partition coefficient (Wildman–Crippen LogP) is 4.46. The Hall–Kier alpha value is -3.19. The summed E-state index contributed by atoms with van der Waals surface area (Å²) in [6.07, 6.45) is -4.78. The summed E-state index contributed by atoms with van der Waals surface area (Å²) in [5.74, 6) is -2.05. The van der Waals surface area contributed by atoms with E-state index in [1.165, 1.54) is 24.3 Å². The van der Waals surface area contributed by atoms with Gasteiger partial charge in [0.25, 0.3) is 5.91 Å². The van der Waals surface area contributed by atoms with E-state index in [0.29, 0.717) is 5.46 Å². The Balaban J connectivity index is 1.75. The highest BCUT2D eigenvalue weighted by atomic mass is 19.4. The van der Waals surface area contributed by atoms with Gasteiger partial charge in [0.05, 0.1) is 34.6 Å². The molecule has 2 saturated heterocycles. The number of rotatable bonds is 9. The van der Waals surface area contributed by atoms with Crippen molar-refractivity contribution in [2.75, 3.05) is 13.2 Å². The van der Waals surface area contributed by atoms with Gasteiger partial charge in [-0.25, -0.2) is 0 Å². The first kappa shape index (κ1) is 36.6. The molecular weight excluding hydrogens is 617 g/mol. The van der Waals surface area contributed by atoms with Gasteiger partial charge in [-0.2, -0.15) is 13.2 Å². The van der Waals surface area contributed by atoms with Crippen LogP contribution in [0.3, 0.4) is 0 Å². The Labute approximate surface area is 274 Å². The predicted molar refractivity (Wildman–Crippen MR) is 171 cm³/mol. The fourth-order valence-corrected chi connectivity index (χ4v) is 4.82. The third-order valence-corrected chi connectivity index (χ3v) is 9.05. The van der Waals surface area contributed by atoms with Crippen LogP contribution in [0.2, 0.25) is 0 Å². The molecule has 2 aliphatic rings. The van der Waals surface area contributed by atoms with Crippen LogP contribution in [0.25, 0.3) is 0 Å². The van der Waals surface area contributed by atoms with Crippen LogP contribution in [0.5, 0.6) is 0 Å². The van der Waals surface area contributed by atoms with E-state index in [1.807, 2.05) is 41.5 Å². The van der Waals surface area contributed by atoms with Crippen LogP contribution in [0.15, 0.2) is 36.4 Å². The number of ether oxygens (including phenoxy) is 1. The van der Waals surface area contributed by atoms with Crippen LogP contribution >= 0.6 is 0 Å². The number of nitrogens with one attached hydrogen (secondary N) is 1. The van der Waals surface area contributed by atoms with Crippen LogP contribution in [0, 0.1) is 5.92 Å². The smallest absolute Gasteiger partial charge is 0.464 e. The van der Waals surface area contributed by atoms with E-state index in [0.717, 1.165) is 12.1 Å². The van der Waals surface area contributed by atoms with Crippen molar-refractivity contribution in [2.45, 2.75) is 97.8 Å². The third-order valence-electron chi connectivity index (χ3n) is 9.05. The SMILES string of the molecule is CC(C)COC(=O)CNC(=O)c1cc(B2OC(C)(C)C(C)(C)O2)cc(C(=O)c2cc(B3OC(C)(C)C(C)(C)O3)cc(C(F)(F)F)c2)c1. The minimum atomic E-state index is -4.78. The number of carbonyl (C=O) groups excluding carboxylic acids is 3. The zero-order valence-corrected chi connectivity index (χ0v) is 28.5. The highest BCUT2D eigenvalue weighted by molar-refractivity contribution is 6.63. The summed E-state index contributed by atoms with van der Waals surface area (Å²) in [6, 6.07) is 7.08. The molecule has 14 heteroatoms. The fourth-order valence-electron chi connectivity index (χ4n) is 4.82. The zero-order valence-electron chi connectivity index (χ0n) is 28.5. The number of halogens is 3. The normalized spacial score (nSPS) is 19.6. The summed E-state index contributed by atoms with van der Waals surface area (Å²) in [4.78, 5) is 39.4. The van der Waals surface area contributed by atoms with Crippen molar-refractivity contribution < 1.29 is 50.9 Å². The van der Waals surface area contributed by atoms with Gasteiger partial charge in [-0.3, -0.25) is 14.4 Å². The van der Waals surface area contributed by atoms with Crippen LogP contribution in [-0.2, 0) is 34.3 Å². The standard InChI is InChI=1S/C33H42B2F3NO8/c1-19(2)18-43-26(40)17-39-28(42)22-11-20(13-24(15-22)34-44-29(3,4)30(5,6)45-34)27(41)21-12-23(33(36,37)38)16-25(14-21)35-46-31(7,8)32(9,10)47-35/h11-16,19H,17-18H2,1-10H3,(H,39,42). The summed E-state index contributed by atoms with van der Waals surface area (Å²) in [5, 5.41) is 2.48. The molecule has 0 spiro atoms. The van der Waals surface area contributed by atoms with Crippen LogP contribution in [0.4, 0.5) is 13.2 Å². The highest BCUT2D eigenvalue weighted by Gasteiger charge is 2.53. The molecule has 2 aromatic carbocycles. The van der Waals surface area contributed by atoms with E-state index in [-0.39, 0.29) is 34.7 Å². The molecule has 1 N–H and O–H groups in total. The zero-order chi connectivity index (χ0) is 35.3. The van der Waals surface area contributed by atoms with E-state index >= 15 is 0 Å². The van der Waals surface area contributed by atoms with E-state index in [2.05, 4.69) is 5.32 Å². The van der Waals surface area contributed by atoms with Gasteiger partial charge in [-0.05, 0) is 90.4 Å². The largest absolute Gasteiger partial charge is 0.494 e. The number of alkyl halides is 3. The number of carbonyl (C=O) groups is 3. The maximum Gasteiger partial charge on any atom is 0.494 e. The number of benzene rings is 2. The second-order valence-electron chi connectivity index (χ2n) is 14.5. The topological polar surface area (TPSA) is 109 Å². The molecule has 2 heterocycles. The van der Waals surface area contributed by atoms with Crippen molar-refractivity contribution in [1.29, 1.82) is 0 Å². The van der Waals surface area contributed by atoms with Crippen molar-refractivity contribution in [3.63, 3.8) is 0 Å². The average Bonchev–Trinajstić information content (AvgIpc) is 3.32. The molecule has 0 saturated carbocycles. The molecule has 2 aromatic rings. The summed E-state index contributed by atoms with van der Waals surface area (Å²) in [6.45, 7) is 17.9. The number of hydrogen-bond acceptors (Lipinski definition) is 8. The quantitative estimate of drug-likeness (QED) is 0.239. The third kappa shape index (κ3) is 7.93. The molecule has 0 bridgehead atoms. The van der Waals surface area contributed by atoms with Gasteiger partial charge in [-0.1, -0.05) is 32.0 Å². The lowest BCUT2D eigenvalue weighted by Gasteiger charge is -2.32. The molecule has 0 atom stereocenters. The summed E-state index contributed by atoms with van der Waals surface area (Å²) >= 11 is 0. The van der Waals surface area contributed by atoms with Gasteiger partial charge in [0.1, 0.15) is 6.54 Å². The van der Waals surface area contributed by atoms with E-state index in [4.69, 9.17) is 23.4 Å². The lowest BCUT2D eigenvalue weighted by molar-refractivity contribution is -0.143. The Morgan fingerprint density at radius 2 is 1.15 bits per heavy atom. The van der Waals surface area contributed by atoms with Crippen molar-refractivity contribution in [2.24, 2.45) is 5.92 Å². The molecule has 47 heavy (non-hydrogen) atoms. The number of ketones is 1. The second-order valence-corrected chi connectivity index (χ2v) is 14.5. The number of hydrogen-bond donors (Lipinski definition) is 1. The Morgan fingerprint density at radius 1 is 0.723 bits per heavy atom. The molecular formula is C33H42B2F3NO8. The Kier molecular flexibility index (Phi) is 9.89. The molecule has 2 fully saturated rings. The minimum Gasteiger partial charge on any atom is -0.464 e. The lowest BCUT2D eigenvalue weighted by Crippen LogP contribution is -2.41. The summed E-state index contributed by atoms with van der Waals surface area (Å²) in [7, 11) is -2.17. The molecule has 1 amide bonds. The molecule has 2 aliphatic heterocycles. The molecule has 254 valence electrons. The van der Waals surface area contributed by atoms with Gasteiger partial charge in [0.2, 0.25) is 0 Å². The molecule has 0 unspecified atom stereocenters. The van der Waals surface area contributed by atoms with E-state index < -0.39 is 72.6 Å². The fraction of sp³-hybridized carbons (Fsp3) is 0.545. The van der Waals surface area contributed by atoms with Crippen molar-refractivity contribution in [3.05, 3.63) is 58.7 Å². The Morgan fingerprint density at radius 3 is 1.60 bits per heavy atom. The van der Waals surface area contributed by atoms with Gasteiger partial charge in [0, 0.05) is 16.7 Å². The number of amides is 1. The molecule has 0 radical (unpaired) electrons. The van der Waals surface area contributed by atoms with E-state index in [9.17, 15) is 27.6 Å². The Bertz CT molecular complexity index is 1520. The molecule has 4 rings (SSSR count). The number of esters is 1. The first-order valence-electron chi connectivity index (χ1n) is 15.5. The first-order chi connectivity index (χ1) is 21.4. The lowest BCUT2D eigenvalue weighted by atomic mass is 9.75. The van der Waals surface area contributed by atoms with Crippen LogP contribution in [-0.4, -0.2) is 67.5 Å². The molecule has 0 aliphatic carbocycles. The monoisotopic (exact) mass is 659 g/mol. The van der Waals surface area contributed by atoms with Crippen molar-refractivity contribution in [3.8, 4) is 0 Å². The van der Waals surface area contributed by atoms with Gasteiger partial charge >= 0.3 is 26.4 Å². The maximum absolute atomic E-state index is 14.1. The van der Waals surface area contributed by atoms with Gasteiger partial charge in [0.15, 0.2) is 5.78 Å².